The standard InChI is InChI=1S/C11H16F3N3O2S/c1-17-10(5-6-15-17)20(18,19)16-9-4-2-3-8(7-9)11(12,13)14/h5-6,8-9,16H,2-4,7H2,1H3. The molecule has 0 aliphatic heterocycles. The smallest absolute Gasteiger partial charge is 0.256 e. The lowest BCUT2D eigenvalue weighted by Crippen LogP contribution is -2.41. The van der Waals surface area contributed by atoms with Crippen LogP contribution in [0.4, 0.5) is 13.2 Å². The van der Waals surface area contributed by atoms with Gasteiger partial charge in [0, 0.05) is 13.1 Å². The molecule has 0 amide bonds. The highest BCUT2D eigenvalue weighted by Crippen LogP contribution is 2.37. The van der Waals surface area contributed by atoms with Gasteiger partial charge in [0.25, 0.3) is 10.0 Å². The maximum atomic E-state index is 12.7. The Bertz CT molecular complexity index is 568. The summed E-state index contributed by atoms with van der Waals surface area (Å²) in [7, 11) is -2.37. The molecule has 1 N–H and O–H groups in total. The number of nitrogens with zero attached hydrogens (tertiary/aromatic N) is 2. The number of rotatable bonds is 3. The Morgan fingerprint density at radius 1 is 1.40 bits per heavy atom. The molecule has 0 saturated heterocycles. The van der Waals surface area contributed by atoms with E-state index < -0.39 is 28.2 Å². The highest BCUT2D eigenvalue weighted by atomic mass is 32.2. The van der Waals surface area contributed by atoms with Crippen LogP contribution in [-0.2, 0) is 17.1 Å². The molecule has 2 atom stereocenters. The Labute approximate surface area is 115 Å². The van der Waals surface area contributed by atoms with Crippen molar-refractivity contribution in [3.63, 3.8) is 0 Å². The summed E-state index contributed by atoms with van der Waals surface area (Å²) in [6.07, 6.45) is -2.30. The Morgan fingerprint density at radius 3 is 2.65 bits per heavy atom. The summed E-state index contributed by atoms with van der Waals surface area (Å²) in [6, 6.07) is 0.627. The van der Waals surface area contributed by atoms with E-state index in [0.29, 0.717) is 12.8 Å². The van der Waals surface area contributed by atoms with Crippen LogP contribution >= 0.6 is 0 Å². The summed E-state index contributed by atoms with van der Waals surface area (Å²) >= 11 is 0. The summed E-state index contributed by atoms with van der Waals surface area (Å²) in [5, 5.41) is 3.70. The summed E-state index contributed by atoms with van der Waals surface area (Å²) in [5.41, 5.74) is 0. The van der Waals surface area contributed by atoms with Crippen LogP contribution < -0.4 is 4.72 Å². The zero-order valence-electron chi connectivity index (χ0n) is 10.9. The van der Waals surface area contributed by atoms with E-state index in [-0.39, 0.29) is 17.9 Å². The highest BCUT2D eigenvalue weighted by molar-refractivity contribution is 7.89. The molecule has 1 saturated carbocycles. The van der Waals surface area contributed by atoms with Crippen molar-refractivity contribution in [2.24, 2.45) is 13.0 Å². The van der Waals surface area contributed by atoms with Crippen molar-refractivity contribution in [2.75, 3.05) is 0 Å². The summed E-state index contributed by atoms with van der Waals surface area (Å²) < 4.78 is 65.8. The van der Waals surface area contributed by atoms with Gasteiger partial charge in [0.1, 0.15) is 0 Å². The molecule has 0 bridgehead atoms. The first-order valence-electron chi connectivity index (χ1n) is 6.27. The normalized spacial score (nSPS) is 24.8. The number of aryl methyl sites for hydroxylation is 1. The molecule has 9 heteroatoms. The third kappa shape index (κ3) is 3.32. The van der Waals surface area contributed by atoms with Gasteiger partial charge < -0.3 is 0 Å². The Hall–Kier alpha value is -1.09. The molecule has 1 aromatic heterocycles. The fourth-order valence-electron chi connectivity index (χ4n) is 2.50. The first kappa shape index (κ1) is 15.3. The van der Waals surface area contributed by atoms with Crippen molar-refractivity contribution >= 4 is 10.0 Å². The molecule has 1 aromatic rings. The van der Waals surface area contributed by atoms with Crippen LogP contribution in [0, 0.1) is 5.92 Å². The molecule has 2 unspecified atom stereocenters. The molecule has 0 aromatic carbocycles. The van der Waals surface area contributed by atoms with Gasteiger partial charge in [0.2, 0.25) is 0 Å². The molecule has 114 valence electrons. The van der Waals surface area contributed by atoms with Crippen molar-refractivity contribution < 1.29 is 21.6 Å². The Balaban J connectivity index is 2.08. The van der Waals surface area contributed by atoms with Gasteiger partial charge in [0.15, 0.2) is 5.03 Å². The van der Waals surface area contributed by atoms with Gasteiger partial charge in [-0.05, 0) is 25.3 Å². The minimum atomic E-state index is -4.27. The van der Waals surface area contributed by atoms with Gasteiger partial charge in [-0.3, -0.25) is 4.68 Å². The van der Waals surface area contributed by atoms with E-state index >= 15 is 0 Å². The van der Waals surface area contributed by atoms with Crippen LogP contribution in [0.1, 0.15) is 25.7 Å². The molecule has 0 radical (unpaired) electrons. The van der Waals surface area contributed by atoms with Crippen molar-refractivity contribution in [1.82, 2.24) is 14.5 Å². The van der Waals surface area contributed by atoms with Crippen molar-refractivity contribution in [1.29, 1.82) is 0 Å². The second kappa shape index (κ2) is 5.36. The Morgan fingerprint density at radius 2 is 2.10 bits per heavy atom. The van der Waals surface area contributed by atoms with Gasteiger partial charge in [0.05, 0.1) is 12.1 Å². The fourth-order valence-corrected chi connectivity index (χ4v) is 3.91. The molecule has 1 heterocycles. The van der Waals surface area contributed by atoms with E-state index in [1.54, 1.807) is 0 Å². The van der Waals surface area contributed by atoms with Gasteiger partial charge in [-0.1, -0.05) is 6.42 Å². The molecule has 2 rings (SSSR count). The second-order valence-electron chi connectivity index (χ2n) is 5.02. The largest absolute Gasteiger partial charge is 0.391 e. The minimum Gasteiger partial charge on any atom is -0.256 e. The number of alkyl halides is 3. The van der Waals surface area contributed by atoms with Gasteiger partial charge in [-0.25, -0.2) is 13.1 Å². The molecule has 1 aliphatic rings. The zero-order chi connectivity index (χ0) is 15.0. The maximum Gasteiger partial charge on any atom is 0.391 e. The molecule has 5 nitrogen and oxygen atoms in total. The summed E-state index contributed by atoms with van der Waals surface area (Å²) in [6.45, 7) is 0. The van der Waals surface area contributed by atoms with Crippen LogP contribution in [0.3, 0.4) is 0 Å². The lowest BCUT2D eigenvalue weighted by Gasteiger charge is -2.30. The molecule has 0 spiro atoms. The van der Waals surface area contributed by atoms with Crippen LogP contribution in [0.25, 0.3) is 0 Å². The Kier molecular flexibility index (Phi) is 4.10. The number of aromatic nitrogens is 2. The average Bonchev–Trinajstić information content (AvgIpc) is 2.75. The quantitative estimate of drug-likeness (QED) is 0.926. The van der Waals surface area contributed by atoms with E-state index in [1.807, 2.05) is 0 Å². The lowest BCUT2D eigenvalue weighted by molar-refractivity contribution is -0.183. The number of nitrogens with one attached hydrogen (secondary N) is 1. The molecule has 1 aliphatic carbocycles. The fraction of sp³-hybridized carbons (Fsp3) is 0.727. The third-order valence-electron chi connectivity index (χ3n) is 3.51. The first-order chi connectivity index (χ1) is 9.20. The molecule has 20 heavy (non-hydrogen) atoms. The van der Waals surface area contributed by atoms with E-state index in [1.165, 1.54) is 24.0 Å². The van der Waals surface area contributed by atoms with E-state index in [4.69, 9.17) is 0 Å². The van der Waals surface area contributed by atoms with Crippen molar-refractivity contribution in [3.05, 3.63) is 12.3 Å². The highest BCUT2D eigenvalue weighted by Gasteiger charge is 2.42. The topological polar surface area (TPSA) is 64.0 Å². The molecular formula is C11H16F3N3O2S. The summed E-state index contributed by atoms with van der Waals surface area (Å²) in [4.78, 5) is 0. The third-order valence-corrected chi connectivity index (χ3v) is 5.10. The molecular weight excluding hydrogens is 295 g/mol. The van der Waals surface area contributed by atoms with Crippen LogP contribution in [0.5, 0.6) is 0 Å². The number of hydrogen-bond donors (Lipinski definition) is 1. The lowest BCUT2D eigenvalue weighted by atomic mass is 9.86. The SMILES string of the molecule is Cn1nccc1S(=O)(=O)NC1CCCC(C(F)(F)F)C1. The predicted molar refractivity (Wildman–Crippen MR) is 65.3 cm³/mol. The van der Waals surface area contributed by atoms with Gasteiger partial charge in [-0.15, -0.1) is 0 Å². The van der Waals surface area contributed by atoms with Crippen LogP contribution in [0.2, 0.25) is 0 Å². The van der Waals surface area contributed by atoms with E-state index in [0.717, 1.165) is 0 Å². The van der Waals surface area contributed by atoms with Crippen LogP contribution in [0.15, 0.2) is 17.3 Å². The van der Waals surface area contributed by atoms with E-state index in [9.17, 15) is 21.6 Å². The number of sulfonamides is 1. The van der Waals surface area contributed by atoms with E-state index in [2.05, 4.69) is 9.82 Å². The predicted octanol–water partition coefficient (Wildman–Crippen LogP) is 1.82. The number of hydrogen-bond acceptors (Lipinski definition) is 3. The maximum absolute atomic E-state index is 12.7. The second-order valence-corrected chi connectivity index (χ2v) is 6.68. The summed E-state index contributed by atoms with van der Waals surface area (Å²) in [5.74, 6) is -1.43. The van der Waals surface area contributed by atoms with Crippen LogP contribution in [-0.4, -0.2) is 30.4 Å². The minimum absolute atomic E-state index is 0.0494. The monoisotopic (exact) mass is 311 g/mol. The average molecular weight is 311 g/mol. The first-order valence-corrected chi connectivity index (χ1v) is 7.75. The van der Waals surface area contributed by atoms with Gasteiger partial charge >= 0.3 is 6.18 Å². The van der Waals surface area contributed by atoms with Crippen molar-refractivity contribution in [2.45, 2.75) is 42.9 Å². The zero-order valence-corrected chi connectivity index (χ0v) is 11.7. The van der Waals surface area contributed by atoms with Gasteiger partial charge in [-0.2, -0.15) is 18.3 Å². The molecule has 1 fully saturated rings. The number of halogens is 3. The van der Waals surface area contributed by atoms with Crippen molar-refractivity contribution in [3.8, 4) is 0 Å².